The van der Waals surface area contributed by atoms with Crippen molar-refractivity contribution in [1.29, 1.82) is 0 Å². The van der Waals surface area contributed by atoms with Crippen LogP contribution in [0.5, 0.6) is 23.0 Å². The summed E-state index contributed by atoms with van der Waals surface area (Å²) >= 11 is 0. The molecule has 0 spiro atoms. The van der Waals surface area contributed by atoms with E-state index in [-0.39, 0.29) is 12.0 Å². The van der Waals surface area contributed by atoms with Crippen LogP contribution in [0.4, 0.5) is 5.82 Å². The molecule has 8 nitrogen and oxygen atoms in total. The molecule has 35 heavy (non-hydrogen) atoms. The van der Waals surface area contributed by atoms with Crippen molar-refractivity contribution in [2.45, 2.75) is 19.4 Å². The fraction of sp³-hybridized carbons (Fsp3) is 0.259. The van der Waals surface area contributed by atoms with E-state index in [4.69, 9.17) is 23.9 Å². The number of hydrogen-bond donors (Lipinski definition) is 0. The molecule has 5 rings (SSSR count). The van der Waals surface area contributed by atoms with Crippen LogP contribution in [-0.2, 0) is 6.42 Å². The maximum atomic E-state index is 13.3. The number of nitrogens with zero attached hydrogens (tertiary/aromatic N) is 3. The number of ether oxygens (including phenoxy) is 4. The van der Waals surface area contributed by atoms with Gasteiger partial charge in [-0.2, -0.15) is 0 Å². The average molecular weight is 474 g/mol. The molecule has 3 heterocycles. The van der Waals surface area contributed by atoms with Crippen molar-refractivity contribution in [3.05, 3.63) is 78.1 Å². The normalized spacial score (nSPS) is 14.5. The van der Waals surface area contributed by atoms with Crippen molar-refractivity contribution in [2.75, 3.05) is 32.3 Å². The maximum absolute atomic E-state index is 13.3. The Morgan fingerprint density at radius 2 is 1.97 bits per heavy atom. The summed E-state index contributed by atoms with van der Waals surface area (Å²) in [6.07, 6.45) is 2.29. The van der Waals surface area contributed by atoms with Crippen molar-refractivity contribution in [1.82, 2.24) is 9.38 Å². The highest BCUT2D eigenvalue weighted by Gasteiger charge is 2.25. The first-order chi connectivity index (χ1) is 17.1. The molecule has 180 valence electrons. The van der Waals surface area contributed by atoms with E-state index in [1.54, 1.807) is 37.3 Å². The van der Waals surface area contributed by atoms with Gasteiger partial charge in [-0.1, -0.05) is 25.1 Å². The number of carbonyl (C=O) groups excluding carboxylic acids is 1. The minimum atomic E-state index is -0.248. The second kappa shape index (κ2) is 9.58. The van der Waals surface area contributed by atoms with Crippen LogP contribution in [0.15, 0.2) is 66.9 Å². The molecule has 1 unspecified atom stereocenters. The second-order valence-corrected chi connectivity index (χ2v) is 8.21. The van der Waals surface area contributed by atoms with Gasteiger partial charge in [0.15, 0.2) is 29.0 Å². The zero-order valence-corrected chi connectivity index (χ0v) is 19.9. The molecule has 1 aliphatic rings. The third-order valence-corrected chi connectivity index (χ3v) is 5.92. The molecule has 2 aromatic carbocycles. The van der Waals surface area contributed by atoms with Crippen LogP contribution in [-0.4, -0.2) is 48.8 Å². The third-order valence-electron chi connectivity index (χ3n) is 5.92. The Hall–Kier alpha value is -4.20. The first kappa shape index (κ1) is 22.6. The number of rotatable bonds is 7. The van der Waals surface area contributed by atoms with Crippen LogP contribution < -0.4 is 23.8 Å². The molecule has 1 atom stereocenters. The molecule has 4 aromatic rings. The minimum absolute atomic E-state index is 0.154. The Morgan fingerprint density at radius 3 is 2.77 bits per heavy atom. The average Bonchev–Trinajstić information content (AvgIpc) is 3.30. The van der Waals surface area contributed by atoms with Gasteiger partial charge in [0.25, 0.3) is 5.91 Å². The Balaban J connectivity index is 1.40. The van der Waals surface area contributed by atoms with Gasteiger partial charge < -0.3 is 18.9 Å². The molecule has 0 N–H and O–H groups in total. The van der Waals surface area contributed by atoms with Crippen LogP contribution in [0.2, 0.25) is 0 Å². The topological polar surface area (TPSA) is 74.5 Å². The summed E-state index contributed by atoms with van der Waals surface area (Å²) in [6.45, 7) is 2.72. The predicted octanol–water partition coefficient (Wildman–Crippen LogP) is 4.40. The number of methoxy groups -OCH3 is 1. The predicted molar refractivity (Wildman–Crippen MR) is 132 cm³/mol. The van der Waals surface area contributed by atoms with Gasteiger partial charge in [0, 0.05) is 18.8 Å². The van der Waals surface area contributed by atoms with Crippen LogP contribution in [0.25, 0.3) is 5.65 Å². The summed E-state index contributed by atoms with van der Waals surface area (Å²) in [4.78, 5) is 19.7. The lowest BCUT2D eigenvalue weighted by atomic mass is 10.2. The number of imidazole rings is 1. The fourth-order valence-electron chi connectivity index (χ4n) is 4.16. The minimum Gasteiger partial charge on any atom is -0.497 e. The van der Waals surface area contributed by atoms with Crippen LogP contribution in [0, 0.1) is 0 Å². The number of aryl methyl sites for hydroxylation is 1. The molecule has 1 amide bonds. The molecule has 0 aliphatic carbocycles. The number of carbonyl (C=O) groups is 1. The van der Waals surface area contributed by atoms with Crippen molar-refractivity contribution in [2.24, 2.45) is 0 Å². The Labute approximate surface area is 203 Å². The van der Waals surface area contributed by atoms with Gasteiger partial charge in [-0.05, 0) is 48.9 Å². The molecule has 0 saturated heterocycles. The SMILES string of the molecule is CCc1nc2c(OCC3COc4ccccc4O3)cccn2c1N(C)C(=O)c1cccc(OC)c1. The standard InChI is InChI=1S/C27H27N3O5/c1-4-21-26(29(2)27(31)18-9-7-10-19(15-18)32-3)30-14-8-13-24(25(30)28-21)34-17-20-16-33-22-11-5-6-12-23(22)35-20/h5-15,20H,4,16-17H2,1-3H3. The van der Waals surface area contributed by atoms with Crippen LogP contribution in [0.3, 0.4) is 0 Å². The van der Waals surface area contributed by atoms with Crippen molar-refractivity contribution in [3.8, 4) is 23.0 Å². The number of pyridine rings is 1. The zero-order valence-electron chi connectivity index (χ0n) is 19.9. The van der Waals surface area contributed by atoms with Crippen molar-refractivity contribution < 1.29 is 23.7 Å². The lowest BCUT2D eigenvalue weighted by Crippen LogP contribution is -2.34. The lowest BCUT2D eigenvalue weighted by molar-refractivity contribution is 0.0538. The molecule has 8 heteroatoms. The summed E-state index contributed by atoms with van der Waals surface area (Å²) in [6, 6.07) is 18.5. The molecular weight excluding hydrogens is 446 g/mol. The summed E-state index contributed by atoms with van der Waals surface area (Å²) in [5.41, 5.74) is 1.97. The third kappa shape index (κ3) is 4.35. The highest BCUT2D eigenvalue weighted by Crippen LogP contribution is 2.32. The quantitative estimate of drug-likeness (QED) is 0.396. The van der Waals surface area contributed by atoms with Gasteiger partial charge >= 0.3 is 0 Å². The highest BCUT2D eigenvalue weighted by atomic mass is 16.6. The fourth-order valence-corrected chi connectivity index (χ4v) is 4.16. The Kier molecular flexibility index (Phi) is 6.18. The van der Waals surface area contributed by atoms with Gasteiger partial charge in [-0.25, -0.2) is 4.98 Å². The van der Waals surface area contributed by atoms with Gasteiger partial charge in [0.2, 0.25) is 0 Å². The first-order valence-electron chi connectivity index (χ1n) is 11.5. The summed E-state index contributed by atoms with van der Waals surface area (Å²) in [5.74, 6) is 3.23. The Bertz CT molecular complexity index is 1370. The number of anilines is 1. The summed E-state index contributed by atoms with van der Waals surface area (Å²) in [7, 11) is 3.33. The van der Waals surface area contributed by atoms with Crippen LogP contribution >= 0.6 is 0 Å². The second-order valence-electron chi connectivity index (χ2n) is 8.21. The van der Waals surface area contributed by atoms with E-state index in [2.05, 4.69) is 0 Å². The summed E-state index contributed by atoms with van der Waals surface area (Å²) in [5, 5.41) is 0. The first-order valence-corrected chi connectivity index (χ1v) is 11.5. The van der Waals surface area contributed by atoms with Gasteiger partial charge in [-0.15, -0.1) is 0 Å². The molecule has 0 saturated carbocycles. The van der Waals surface area contributed by atoms with E-state index in [1.807, 2.05) is 60.0 Å². The van der Waals surface area contributed by atoms with Gasteiger partial charge in [-0.3, -0.25) is 14.1 Å². The number of amides is 1. The van der Waals surface area contributed by atoms with E-state index in [0.29, 0.717) is 53.9 Å². The van der Waals surface area contributed by atoms with Crippen molar-refractivity contribution >= 4 is 17.4 Å². The van der Waals surface area contributed by atoms with E-state index in [0.717, 1.165) is 11.4 Å². The van der Waals surface area contributed by atoms with Crippen molar-refractivity contribution in [3.63, 3.8) is 0 Å². The number of para-hydroxylation sites is 2. The van der Waals surface area contributed by atoms with Crippen LogP contribution in [0.1, 0.15) is 23.0 Å². The van der Waals surface area contributed by atoms with E-state index in [1.165, 1.54) is 0 Å². The number of hydrogen-bond acceptors (Lipinski definition) is 6. The molecule has 1 aliphatic heterocycles. The largest absolute Gasteiger partial charge is 0.497 e. The van der Waals surface area contributed by atoms with Gasteiger partial charge in [0.1, 0.15) is 24.8 Å². The van der Waals surface area contributed by atoms with E-state index >= 15 is 0 Å². The molecular formula is C27H27N3O5. The monoisotopic (exact) mass is 473 g/mol. The smallest absolute Gasteiger partial charge is 0.259 e. The molecule has 0 fully saturated rings. The molecule has 0 bridgehead atoms. The maximum Gasteiger partial charge on any atom is 0.259 e. The van der Waals surface area contributed by atoms with E-state index < -0.39 is 0 Å². The highest BCUT2D eigenvalue weighted by molar-refractivity contribution is 6.06. The number of fused-ring (bicyclic) bond motifs is 2. The molecule has 2 aromatic heterocycles. The lowest BCUT2D eigenvalue weighted by Gasteiger charge is -2.26. The van der Waals surface area contributed by atoms with Gasteiger partial charge in [0.05, 0.1) is 12.8 Å². The Morgan fingerprint density at radius 1 is 1.14 bits per heavy atom. The number of aromatic nitrogens is 2. The molecule has 0 radical (unpaired) electrons. The number of benzene rings is 2. The summed E-state index contributed by atoms with van der Waals surface area (Å²) < 4.78 is 25.1. The van der Waals surface area contributed by atoms with E-state index in [9.17, 15) is 4.79 Å². The zero-order chi connectivity index (χ0) is 24.4.